The molecule has 0 spiro atoms. The predicted molar refractivity (Wildman–Crippen MR) is 98.3 cm³/mol. The van der Waals surface area contributed by atoms with Crippen molar-refractivity contribution in [2.75, 3.05) is 25.6 Å². The molecule has 0 aliphatic rings. The van der Waals surface area contributed by atoms with Gasteiger partial charge in [-0.15, -0.1) is 0 Å². The summed E-state index contributed by atoms with van der Waals surface area (Å²) in [5.74, 6) is 1.24. The number of nitrogens with one attached hydrogen (secondary N) is 2. The fourth-order valence-corrected chi connectivity index (χ4v) is 2.21. The van der Waals surface area contributed by atoms with E-state index in [2.05, 4.69) is 28.6 Å². The first-order valence-corrected chi connectivity index (χ1v) is 8.48. The van der Waals surface area contributed by atoms with Crippen molar-refractivity contribution in [3.05, 3.63) is 48.2 Å². The van der Waals surface area contributed by atoms with Crippen molar-refractivity contribution in [2.45, 2.75) is 26.2 Å². The average Bonchev–Trinajstić information content (AvgIpc) is 2.63. The van der Waals surface area contributed by atoms with Gasteiger partial charge in [0.15, 0.2) is 0 Å². The Labute approximate surface area is 148 Å². The Morgan fingerprint density at radius 1 is 1.20 bits per heavy atom. The number of carbonyl (C=O) groups excluding carboxylic acids is 1. The lowest BCUT2D eigenvalue weighted by Gasteiger charge is -2.09. The van der Waals surface area contributed by atoms with Gasteiger partial charge in [-0.05, 0) is 43.0 Å². The summed E-state index contributed by atoms with van der Waals surface area (Å²) >= 11 is 0. The van der Waals surface area contributed by atoms with Gasteiger partial charge in [0.2, 0.25) is 5.88 Å². The molecular weight excluding hydrogens is 318 g/mol. The Morgan fingerprint density at radius 3 is 2.80 bits per heavy atom. The Bertz CT molecular complexity index is 659. The standard InChI is InChI=1S/C19H25N3O3/c1-3-15-7-6-8-17(13-15)25-18-10-9-16(14-21-18)22-19(23)20-11-4-5-12-24-2/h6-10,13-14H,3-5,11-12H2,1-2H3,(H2,20,22,23). The van der Waals surface area contributed by atoms with Crippen LogP contribution in [-0.4, -0.2) is 31.3 Å². The molecule has 1 heterocycles. The topological polar surface area (TPSA) is 72.5 Å². The molecule has 1 aromatic carbocycles. The van der Waals surface area contributed by atoms with Crippen LogP contribution in [-0.2, 0) is 11.2 Å². The van der Waals surface area contributed by atoms with Crippen molar-refractivity contribution in [3.63, 3.8) is 0 Å². The summed E-state index contributed by atoms with van der Waals surface area (Å²) in [6, 6.07) is 11.1. The first-order valence-electron chi connectivity index (χ1n) is 8.48. The van der Waals surface area contributed by atoms with E-state index >= 15 is 0 Å². The molecule has 2 amide bonds. The Hall–Kier alpha value is -2.60. The minimum absolute atomic E-state index is 0.247. The van der Waals surface area contributed by atoms with Crippen LogP contribution in [0.5, 0.6) is 11.6 Å². The van der Waals surface area contributed by atoms with Gasteiger partial charge in [0.1, 0.15) is 5.75 Å². The van der Waals surface area contributed by atoms with Gasteiger partial charge in [-0.2, -0.15) is 0 Å². The summed E-state index contributed by atoms with van der Waals surface area (Å²) in [5, 5.41) is 5.54. The van der Waals surface area contributed by atoms with E-state index in [-0.39, 0.29) is 6.03 Å². The second-order valence-electron chi connectivity index (χ2n) is 5.57. The van der Waals surface area contributed by atoms with Crippen LogP contribution in [0.15, 0.2) is 42.6 Å². The maximum Gasteiger partial charge on any atom is 0.319 e. The first kappa shape index (κ1) is 18.7. The third-order valence-electron chi connectivity index (χ3n) is 3.58. The van der Waals surface area contributed by atoms with Gasteiger partial charge in [-0.25, -0.2) is 9.78 Å². The van der Waals surface area contributed by atoms with Crippen molar-refractivity contribution in [3.8, 4) is 11.6 Å². The van der Waals surface area contributed by atoms with Crippen LogP contribution in [0.3, 0.4) is 0 Å². The summed E-state index contributed by atoms with van der Waals surface area (Å²) < 4.78 is 10.7. The molecule has 1 aromatic heterocycles. The smallest absolute Gasteiger partial charge is 0.319 e. The third-order valence-corrected chi connectivity index (χ3v) is 3.58. The molecule has 0 aliphatic carbocycles. The van der Waals surface area contributed by atoms with Crippen LogP contribution < -0.4 is 15.4 Å². The minimum atomic E-state index is -0.247. The number of hydrogen-bond acceptors (Lipinski definition) is 4. The van der Waals surface area contributed by atoms with Gasteiger partial charge in [0.05, 0.1) is 11.9 Å². The van der Waals surface area contributed by atoms with Crippen molar-refractivity contribution < 1.29 is 14.3 Å². The van der Waals surface area contributed by atoms with E-state index < -0.39 is 0 Å². The summed E-state index contributed by atoms with van der Waals surface area (Å²) in [5.41, 5.74) is 1.82. The molecule has 0 atom stereocenters. The third kappa shape index (κ3) is 6.81. The molecule has 0 fully saturated rings. The normalized spacial score (nSPS) is 10.3. The molecule has 0 radical (unpaired) electrons. The highest BCUT2D eigenvalue weighted by Crippen LogP contribution is 2.21. The van der Waals surface area contributed by atoms with Crippen LogP contribution in [0.4, 0.5) is 10.5 Å². The minimum Gasteiger partial charge on any atom is -0.439 e. The van der Waals surface area contributed by atoms with Gasteiger partial charge in [-0.1, -0.05) is 19.1 Å². The molecule has 6 heteroatoms. The van der Waals surface area contributed by atoms with E-state index in [1.807, 2.05) is 18.2 Å². The lowest BCUT2D eigenvalue weighted by molar-refractivity contribution is 0.192. The predicted octanol–water partition coefficient (Wildman–Crippen LogP) is 3.98. The van der Waals surface area contributed by atoms with E-state index in [1.54, 1.807) is 25.4 Å². The van der Waals surface area contributed by atoms with Crippen LogP contribution in [0.25, 0.3) is 0 Å². The first-order chi connectivity index (χ1) is 12.2. The van der Waals surface area contributed by atoms with Crippen molar-refractivity contribution >= 4 is 11.7 Å². The molecule has 2 N–H and O–H groups in total. The summed E-state index contributed by atoms with van der Waals surface area (Å²) in [6.45, 7) is 3.41. The van der Waals surface area contributed by atoms with Crippen molar-refractivity contribution in [1.82, 2.24) is 10.3 Å². The highest BCUT2D eigenvalue weighted by Gasteiger charge is 2.03. The second kappa shape index (κ2) is 10.3. The number of ether oxygens (including phenoxy) is 2. The van der Waals surface area contributed by atoms with Gasteiger partial charge < -0.3 is 20.1 Å². The van der Waals surface area contributed by atoms with E-state index in [4.69, 9.17) is 9.47 Å². The SMILES string of the molecule is CCc1cccc(Oc2ccc(NC(=O)NCCCCOC)cn2)c1. The number of urea groups is 1. The number of benzene rings is 1. The molecule has 25 heavy (non-hydrogen) atoms. The summed E-state index contributed by atoms with van der Waals surface area (Å²) in [7, 11) is 1.67. The maximum atomic E-state index is 11.8. The molecule has 134 valence electrons. The number of carbonyl (C=O) groups is 1. The van der Waals surface area contributed by atoms with Crippen molar-refractivity contribution in [2.24, 2.45) is 0 Å². The zero-order chi connectivity index (χ0) is 17.9. The van der Waals surface area contributed by atoms with Crippen LogP contribution in [0.2, 0.25) is 0 Å². The number of anilines is 1. The van der Waals surface area contributed by atoms with Gasteiger partial charge in [0, 0.05) is 26.3 Å². The number of unbranched alkanes of at least 4 members (excludes halogenated alkanes) is 1. The van der Waals surface area contributed by atoms with Gasteiger partial charge >= 0.3 is 6.03 Å². The lowest BCUT2D eigenvalue weighted by atomic mass is 10.2. The molecular formula is C19H25N3O3. The fraction of sp³-hybridized carbons (Fsp3) is 0.368. The molecule has 2 aromatic rings. The van der Waals surface area contributed by atoms with E-state index in [1.165, 1.54) is 5.56 Å². The van der Waals surface area contributed by atoms with E-state index in [9.17, 15) is 4.79 Å². The van der Waals surface area contributed by atoms with Crippen LogP contribution in [0, 0.1) is 0 Å². The number of rotatable bonds is 9. The molecule has 2 rings (SSSR count). The number of methoxy groups -OCH3 is 1. The van der Waals surface area contributed by atoms with Crippen molar-refractivity contribution in [1.29, 1.82) is 0 Å². The number of aryl methyl sites for hydroxylation is 1. The van der Waals surface area contributed by atoms with Crippen LogP contribution >= 0.6 is 0 Å². The molecule has 0 unspecified atom stereocenters. The highest BCUT2D eigenvalue weighted by molar-refractivity contribution is 5.88. The second-order valence-corrected chi connectivity index (χ2v) is 5.57. The summed E-state index contributed by atoms with van der Waals surface area (Å²) in [6.07, 6.45) is 4.32. The summed E-state index contributed by atoms with van der Waals surface area (Å²) in [4.78, 5) is 16.0. The number of aromatic nitrogens is 1. The molecule has 0 aliphatic heterocycles. The van der Waals surface area contributed by atoms with Gasteiger partial charge in [-0.3, -0.25) is 0 Å². The zero-order valence-electron chi connectivity index (χ0n) is 14.7. The monoisotopic (exact) mass is 343 g/mol. The molecule has 0 saturated heterocycles. The largest absolute Gasteiger partial charge is 0.439 e. The fourth-order valence-electron chi connectivity index (χ4n) is 2.21. The Morgan fingerprint density at radius 2 is 2.08 bits per heavy atom. The number of nitrogens with zero attached hydrogens (tertiary/aromatic N) is 1. The quantitative estimate of drug-likeness (QED) is 0.675. The number of hydrogen-bond donors (Lipinski definition) is 2. The molecule has 6 nitrogen and oxygen atoms in total. The lowest BCUT2D eigenvalue weighted by Crippen LogP contribution is -2.29. The van der Waals surface area contributed by atoms with Gasteiger partial charge in [0.25, 0.3) is 0 Å². The maximum absolute atomic E-state index is 11.8. The number of pyridine rings is 1. The Kier molecular flexibility index (Phi) is 7.72. The Balaban J connectivity index is 1.80. The molecule has 0 saturated carbocycles. The van der Waals surface area contributed by atoms with Crippen LogP contribution in [0.1, 0.15) is 25.3 Å². The average molecular weight is 343 g/mol. The highest BCUT2D eigenvalue weighted by atomic mass is 16.5. The van der Waals surface area contributed by atoms with E-state index in [0.717, 1.165) is 25.0 Å². The van der Waals surface area contributed by atoms with E-state index in [0.29, 0.717) is 24.7 Å². The molecule has 0 bridgehead atoms. The zero-order valence-corrected chi connectivity index (χ0v) is 14.7. The number of amides is 2.